The summed E-state index contributed by atoms with van der Waals surface area (Å²) in [4.78, 5) is 0. The molecular formula is C11H18O2. The maximum atomic E-state index is 10.6. The van der Waals surface area contributed by atoms with Gasteiger partial charge in [-0.05, 0) is 39.0 Å². The van der Waals surface area contributed by atoms with Gasteiger partial charge in [0.15, 0.2) is 0 Å². The Morgan fingerprint density at radius 1 is 1.46 bits per heavy atom. The minimum atomic E-state index is -0.537. The van der Waals surface area contributed by atoms with Gasteiger partial charge in [-0.2, -0.15) is 0 Å². The molecule has 0 amide bonds. The van der Waals surface area contributed by atoms with Crippen molar-refractivity contribution in [3.05, 3.63) is 0 Å². The minimum absolute atomic E-state index is 0.0256. The van der Waals surface area contributed by atoms with Gasteiger partial charge in [0.25, 0.3) is 0 Å². The molecule has 5 atom stereocenters. The number of fused-ring (bicyclic) bond motifs is 1. The maximum absolute atomic E-state index is 10.6. The van der Waals surface area contributed by atoms with Gasteiger partial charge in [-0.25, -0.2) is 0 Å². The zero-order valence-corrected chi connectivity index (χ0v) is 8.63. The van der Waals surface area contributed by atoms with Crippen molar-refractivity contribution in [1.29, 1.82) is 0 Å². The molecule has 0 spiro atoms. The maximum Gasteiger partial charge on any atom is 0.0990 e. The number of hydrogen-bond donors (Lipinski definition) is 1. The van der Waals surface area contributed by atoms with Crippen molar-refractivity contribution in [3.8, 4) is 0 Å². The summed E-state index contributed by atoms with van der Waals surface area (Å²) in [7, 11) is 0. The van der Waals surface area contributed by atoms with Crippen LogP contribution in [0.15, 0.2) is 0 Å². The van der Waals surface area contributed by atoms with Crippen LogP contribution in [-0.2, 0) is 4.74 Å². The summed E-state index contributed by atoms with van der Waals surface area (Å²) in [5.74, 6) is 1.06. The van der Waals surface area contributed by atoms with Crippen LogP contribution in [0.4, 0.5) is 0 Å². The molecule has 2 heterocycles. The van der Waals surface area contributed by atoms with Crippen LogP contribution in [0, 0.1) is 11.8 Å². The van der Waals surface area contributed by atoms with E-state index in [0.717, 1.165) is 12.8 Å². The lowest BCUT2D eigenvalue weighted by atomic mass is 9.71. The summed E-state index contributed by atoms with van der Waals surface area (Å²) >= 11 is 0. The molecule has 4 aliphatic rings. The van der Waals surface area contributed by atoms with E-state index in [1.165, 1.54) is 6.42 Å². The Bertz CT molecular complexity index is 277. The zero-order valence-electron chi connectivity index (χ0n) is 8.63. The Labute approximate surface area is 79.3 Å². The lowest BCUT2D eigenvalue weighted by Gasteiger charge is -2.46. The fraction of sp³-hybridized carbons (Fsp3) is 1.00. The lowest BCUT2D eigenvalue weighted by Crippen LogP contribution is -2.55. The highest BCUT2D eigenvalue weighted by molar-refractivity contribution is 5.31. The first-order chi connectivity index (χ1) is 5.98. The van der Waals surface area contributed by atoms with Gasteiger partial charge < -0.3 is 9.84 Å². The monoisotopic (exact) mass is 182 g/mol. The molecule has 1 N–H and O–H groups in total. The Balaban J connectivity index is 2.08. The second-order valence-corrected chi connectivity index (χ2v) is 5.42. The number of rotatable bonds is 1. The number of hydrogen-bond acceptors (Lipinski definition) is 2. The fourth-order valence-corrected chi connectivity index (χ4v) is 4.17. The smallest absolute Gasteiger partial charge is 0.0990 e. The molecule has 13 heavy (non-hydrogen) atoms. The van der Waals surface area contributed by atoms with Crippen LogP contribution in [0.1, 0.15) is 40.0 Å². The highest BCUT2D eigenvalue weighted by atomic mass is 16.6. The van der Waals surface area contributed by atoms with Gasteiger partial charge in [0.1, 0.15) is 0 Å². The topological polar surface area (TPSA) is 29.5 Å². The van der Waals surface area contributed by atoms with Crippen LogP contribution in [0.2, 0.25) is 0 Å². The van der Waals surface area contributed by atoms with Gasteiger partial charge in [0.05, 0.1) is 16.8 Å². The fourth-order valence-electron chi connectivity index (χ4n) is 4.17. The summed E-state index contributed by atoms with van der Waals surface area (Å²) in [6.45, 7) is 6.34. The van der Waals surface area contributed by atoms with Crippen molar-refractivity contribution in [2.75, 3.05) is 0 Å². The molecule has 4 rings (SSSR count). The first-order valence-electron chi connectivity index (χ1n) is 5.40. The van der Waals surface area contributed by atoms with E-state index in [9.17, 15) is 5.11 Å². The Kier molecular flexibility index (Phi) is 1.16. The molecule has 2 nitrogen and oxygen atoms in total. The summed E-state index contributed by atoms with van der Waals surface area (Å²) in [5.41, 5.74) is -0.766. The highest BCUT2D eigenvalue weighted by Gasteiger charge is 2.83. The van der Waals surface area contributed by atoms with Crippen LogP contribution in [-0.4, -0.2) is 21.9 Å². The van der Waals surface area contributed by atoms with E-state index in [1.807, 2.05) is 0 Å². The molecule has 0 aromatic heterocycles. The van der Waals surface area contributed by atoms with Crippen molar-refractivity contribution in [2.24, 2.45) is 11.8 Å². The molecule has 2 saturated carbocycles. The molecule has 2 aliphatic heterocycles. The Morgan fingerprint density at radius 3 is 2.54 bits per heavy atom. The van der Waals surface area contributed by atoms with E-state index < -0.39 is 5.60 Å². The van der Waals surface area contributed by atoms with Crippen molar-refractivity contribution in [3.63, 3.8) is 0 Å². The van der Waals surface area contributed by atoms with Gasteiger partial charge in [0, 0.05) is 5.92 Å². The van der Waals surface area contributed by atoms with Crippen LogP contribution in [0.5, 0.6) is 0 Å². The minimum Gasteiger partial charge on any atom is -0.386 e. The predicted molar refractivity (Wildman–Crippen MR) is 49.3 cm³/mol. The molecule has 2 heteroatoms. The summed E-state index contributed by atoms with van der Waals surface area (Å²) < 4.78 is 6.07. The molecule has 2 unspecified atom stereocenters. The quantitative estimate of drug-likeness (QED) is 0.669. The van der Waals surface area contributed by atoms with Crippen molar-refractivity contribution in [1.82, 2.24) is 0 Å². The third-order valence-corrected chi connectivity index (χ3v) is 4.99. The second kappa shape index (κ2) is 1.82. The molecule has 4 bridgehead atoms. The van der Waals surface area contributed by atoms with Crippen LogP contribution < -0.4 is 0 Å². The van der Waals surface area contributed by atoms with E-state index in [2.05, 4.69) is 20.8 Å². The molecule has 2 aliphatic carbocycles. The molecule has 0 aromatic carbocycles. The van der Waals surface area contributed by atoms with Gasteiger partial charge in [-0.1, -0.05) is 6.92 Å². The van der Waals surface area contributed by atoms with E-state index in [-0.39, 0.29) is 11.2 Å². The van der Waals surface area contributed by atoms with Crippen LogP contribution in [0.25, 0.3) is 0 Å². The molecule has 4 fully saturated rings. The average Bonchev–Trinajstić information content (AvgIpc) is 2.63. The van der Waals surface area contributed by atoms with E-state index in [4.69, 9.17) is 4.74 Å². The van der Waals surface area contributed by atoms with Gasteiger partial charge in [-0.3, -0.25) is 0 Å². The first-order valence-corrected chi connectivity index (χ1v) is 5.40. The zero-order chi connectivity index (χ0) is 9.48. The normalized spacial score (nSPS) is 68.3. The lowest BCUT2D eigenvalue weighted by molar-refractivity contribution is -0.192. The summed E-state index contributed by atoms with van der Waals surface area (Å²) in [5, 5.41) is 10.6. The predicted octanol–water partition coefficient (Wildman–Crippen LogP) is 1.71. The van der Waals surface area contributed by atoms with E-state index in [0.29, 0.717) is 11.8 Å². The van der Waals surface area contributed by atoms with Crippen molar-refractivity contribution in [2.45, 2.75) is 56.8 Å². The third-order valence-electron chi connectivity index (χ3n) is 4.99. The molecule has 74 valence electrons. The SMILES string of the molecule is CC[C@]1(O)C2[C@H]3CC[C@]1(C)OC23C. The molecule has 2 saturated heterocycles. The van der Waals surface area contributed by atoms with E-state index in [1.54, 1.807) is 0 Å². The Hall–Kier alpha value is -0.0800. The number of ether oxygens (including phenoxy) is 1. The molecule has 0 radical (unpaired) electrons. The second-order valence-electron chi connectivity index (χ2n) is 5.42. The van der Waals surface area contributed by atoms with Gasteiger partial charge in [0.2, 0.25) is 0 Å². The number of aliphatic hydroxyl groups is 1. The first kappa shape index (κ1) is 8.25. The average molecular weight is 182 g/mol. The van der Waals surface area contributed by atoms with Crippen LogP contribution >= 0.6 is 0 Å². The van der Waals surface area contributed by atoms with Crippen molar-refractivity contribution < 1.29 is 9.84 Å². The summed E-state index contributed by atoms with van der Waals surface area (Å²) in [6, 6.07) is 0. The van der Waals surface area contributed by atoms with Gasteiger partial charge in [-0.15, -0.1) is 0 Å². The standard InChI is InChI=1S/C11H18O2/c1-4-11(12)8-7-5-6-9(11,2)13-10(7,8)3/h7-8,12H,4-6H2,1-3H3/t7-,8?,9+,10?,11+/m1/s1. The van der Waals surface area contributed by atoms with Crippen molar-refractivity contribution >= 4 is 0 Å². The highest BCUT2D eigenvalue weighted by Crippen LogP contribution is 2.75. The third kappa shape index (κ3) is 0.608. The summed E-state index contributed by atoms with van der Waals surface area (Å²) in [6.07, 6.45) is 3.12. The Morgan fingerprint density at radius 2 is 2.15 bits per heavy atom. The van der Waals surface area contributed by atoms with E-state index >= 15 is 0 Å². The molecule has 0 aromatic rings. The van der Waals surface area contributed by atoms with Crippen LogP contribution in [0.3, 0.4) is 0 Å². The largest absolute Gasteiger partial charge is 0.386 e. The molecular weight excluding hydrogens is 164 g/mol. The van der Waals surface area contributed by atoms with Gasteiger partial charge >= 0.3 is 0 Å².